The van der Waals surface area contributed by atoms with Gasteiger partial charge in [-0.1, -0.05) is 31.2 Å². The van der Waals surface area contributed by atoms with Crippen molar-refractivity contribution in [3.05, 3.63) is 35.4 Å². The van der Waals surface area contributed by atoms with Crippen LogP contribution in [0, 0.1) is 6.92 Å². The Morgan fingerprint density at radius 2 is 2.05 bits per heavy atom. The highest BCUT2D eigenvalue weighted by atomic mass is 16.2. The highest BCUT2D eigenvalue weighted by Gasteiger charge is 2.44. The van der Waals surface area contributed by atoms with E-state index in [-0.39, 0.29) is 12.2 Å². The SMILES string of the molecule is CCC1NC(c2ccccc2C)N(C2CCC2)C1=O. The van der Waals surface area contributed by atoms with Crippen molar-refractivity contribution in [2.45, 2.75) is 57.8 Å². The second-order valence-corrected chi connectivity index (χ2v) is 5.72. The first kappa shape index (κ1) is 12.7. The number of nitrogens with zero attached hydrogens (tertiary/aromatic N) is 1. The Morgan fingerprint density at radius 1 is 1.32 bits per heavy atom. The van der Waals surface area contributed by atoms with Gasteiger partial charge < -0.3 is 4.90 Å². The number of hydrogen-bond donors (Lipinski definition) is 1. The largest absolute Gasteiger partial charge is 0.319 e. The summed E-state index contributed by atoms with van der Waals surface area (Å²) in [4.78, 5) is 14.6. The normalized spacial score (nSPS) is 27.7. The van der Waals surface area contributed by atoms with Crippen LogP contribution in [0.15, 0.2) is 24.3 Å². The summed E-state index contributed by atoms with van der Waals surface area (Å²) in [7, 11) is 0. The second kappa shape index (κ2) is 4.97. The summed E-state index contributed by atoms with van der Waals surface area (Å²) in [5, 5.41) is 3.52. The van der Waals surface area contributed by atoms with Gasteiger partial charge in [0.25, 0.3) is 0 Å². The Morgan fingerprint density at radius 3 is 2.63 bits per heavy atom. The topological polar surface area (TPSA) is 32.3 Å². The summed E-state index contributed by atoms with van der Waals surface area (Å²) in [5.74, 6) is 0.292. The molecule has 0 bridgehead atoms. The van der Waals surface area contributed by atoms with E-state index in [9.17, 15) is 4.79 Å². The van der Waals surface area contributed by atoms with Crippen LogP contribution in [-0.4, -0.2) is 22.9 Å². The molecule has 1 heterocycles. The highest BCUT2D eigenvalue weighted by Crippen LogP contribution is 2.36. The van der Waals surface area contributed by atoms with Crippen LogP contribution in [0.5, 0.6) is 0 Å². The van der Waals surface area contributed by atoms with Crippen molar-refractivity contribution in [2.75, 3.05) is 0 Å². The molecule has 0 radical (unpaired) electrons. The van der Waals surface area contributed by atoms with Crippen LogP contribution >= 0.6 is 0 Å². The summed E-state index contributed by atoms with van der Waals surface area (Å²) in [6.45, 7) is 4.20. The molecule has 102 valence electrons. The van der Waals surface area contributed by atoms with Gasteiger partial charge in [-0.2, -0.15) is 0 Å². The third kappa shape index (κ3) is 2.06. The fourth-order valence-electron chi connectivity index (χ4n) is 3.13. The van der Waals surface area contributed by atoms with Gasteiger partial charge in [0.15, 0.2) is 0 Å². The number of rotatable bonds is 3. The lowest BCUT2D eigenvalue weighted by molar-refractivity contribution is -0.134. The summed E-state index contributed by atoms with van der Waals surface area (Å²) in [6, 6.07) is 8.82. The molecule has 2 unspecified atom stereocenters. The van der Waals surface area contributed by atoms with E-state index in [0.29, 0.717) is 11.9 Å². The Kier molecular flexibility index (Phi) is 3.31. The first-order valence-electron chi connectivity index (χ1n) is 7.36. The molecular formula is C16H22N2O. The standard InChI is InChI=1S/C16H22N2O/c1-3-14-16(19)18(12-8-6-9-12)15(17-14)13-10-5-4-7-11(13)2/h4-5,7,10,12,14-15,17H,3,6,8-9H2,1-2H3. The van der Waals surface area contributed by atoms with Crippen LogP contribution in [-0.2, 0) is 4.79 Å². The zero-order chi connectivity index (χ0) is 13.4. The molecule has 2 fully saturated rings. The number of hydrogen-bond acceptors (Lipinski definition) is 2. The Bertz CT molecular complexity index is 481. The van der Waals surface area contributed by atoms with Crippen LogP contribution in [0.4, 0.5) is 0 Å². The number of amides is 1. The fraction of sp³-hybridized carbons (Fsp3) is 0.562. The molecule has 1 aromatic rings. The molecule has 1 amide bonds. The van der Waals surface area contributed by atoms with Crippen molar-refractivity contribution in [3.8, 4) is 0 Å². The predicted molar refractivity (Wildman–Crippen MR) is 75.6 cm³/mol. The molecule has 1 aliphatic carbocycles. The van der Waals surface area contributed by atoms with Gasteiger partial charge >= 0.3 is 0 Å². The van der Waals surface area contributed by atoms with Crippen molar-refractivity contribution in [3.63, 3.8) is 0 Å². The molecule has 3 rings (SSSR count). The van der Waals surface area contributed by atoms with Crippen LogP contribution in [0.2, 0.25) is 0 Å². The van der Waals surface area contributed by atoms with Crippen molar-refractivity contribution >= 4 is 5.91 Å². The third-order valence-electron chi connectivity index (χ3n) is 4.55. The van der Waals surface area contributed by atoms with E-state index in [1.807, 2.05) is 0 Å². The zero-order valence-corrected chi connectivity index (χ0v) is 11.7. The van der Waals surface area contributed by atoms with Gasteiger partial charge in [0.05, 0.1) is 6.04 Å². The minimum atomic E-state index is -0.00907. The Hall–Kier alpha value is -1.35. The van der Waals surface area contributed by atoms with Gasteiger partial charge in [0.2, 0.25) is 5.91 Å². The molecule has 1 aromatic carbocycles. The minimum absolute atomic E-state index is 0.00907. The maximum absolute atomic E-state index is 12.5. The van der Waals surface area contributed by atoms with Crippen LogP contribution in [0.1, 0.15) is 49.9 Å². The summed E-state index contributed by atoms with van der Waals surface area (Å²) >= 11 is 0. The summed E-state index contributed by atoms with van der Waals surface area (Å²) in [6.07, 6.45) is 4.51. The molecule has 2 atom stereocenters. The maximum atomic E-state index is 12.5. The van der Waals surface area contributed by atoms with Gasteiger partial charge in [0, 0.05) is 6.04 Å². The van der Waals surface area contributed by atoms with E-state index in [2.05, 4.69) is 48.3 Å². The first-order chi connectivity index (χ1) is 9.22. The third-order valence-corrected chi connectivity index (χ3v) is 4.55. The van der Waals surface area contributed by atoms with E-state index < -0.39 is 0 Å². The first-order valence-corrected chi connectivity index (χ1v) is 7.36. The van der Waals surface area contributed by atoms with Gasteiger partial charge in [0.1, 0.15) is 6.17 Å². The minimum Gasteiger partial charge on any atom is -0.319 e. The number of nitrogens with one attached hydrogen (secondary N) is 1. The van der Waals surface area contributed by atoms with Gasteiger partial charge in [-0.3, -0.25) is 10.1 Å². The molecule has 0 spiro atoms. The molecular weight excluding hydrogens is 236 g/mol. The van der Waals surface area contributed by atoms with Crippen molar-refractivity contribution in [1.29, 1.82) is 0 Å². The highest BCUT2D eigenvalue weighted by molar-refractivity contribution is 5.85. The monoisotopic (exact) mass is 258 g/mol. The van der Waals surface area contributed by atoms with Crippen LogP contribution in [0.25, 0.3) is 0 Å². The maximum Gasteiger partial charge on any atom is 0.241 e. The molecule has 1 aliphatic heterocycles. The lowest BCUT2D eigenvalue weighted by atomic mass is 9.90. The molecule has 1 saturated heterocycles. The average Bonchev–Trinajstić information content (AvgIpc) is 2.66. The van der Waals surface area contributed by atoms with E-state index in [1.54, 1.807) is 0 Å². The fourth-order valence-corrected chi connectivity index (χ4v) is 3.13. The molecule has 3 nitrogen and oxygen atoms in total. The number of benzene rings is 1. The van der Waals surface area contributed by atoms with Crippen molar-refractivity contribution in [1.82, 2.24) is 10.2 Å². The van der Waals surface area contributed by atoms with Gasteiger partial charge in [-0.05, 0) is 43.7 Å². The van der Waals surface area contributed by atoms with Crippen molar-refractivity contribution in [2.24, 2.45) is 0 Å². The van der Waals surface area contributed by atoms with Crippen molar-refractivity contribution < 1.29 is 4.79 Å². The molecule has 1 N–H and O–H groups in total. The second-order valence-electron chi connectivity index (χ2n) is 5.72. The van der Waals surface area contributed by atoms with Gasteiger partial charge in [-0.15, -0.1) is 0 Å². The number of aryl methyl sites for hydroxylation is 1. The molecule has 19 heavy (non-hydrogen) atoms. The summed E-state index contributed by atoms with van der Waals surface area (Å²) < 4.78 is 0. The predicted octanol–water partition coefficient (Wildman–Crippen LogP) is 2.76. The lowest BCUT2D eigenvalue weighted by Crippen LogP contribution is -2.44. The molecule has 3 heteroatoms. The number of carbonyl (C=O) groups is 1. The van der Waals surface area contributed by atoms with E-state index in [1.165, 1.54) is 17.5 Å². The van der Waals surface area contributed by atoms with Crippen LogP contribution < -0.4 is 5.32 Å². The van der Waals surface area contributed by atoms with E-state index >= 15 is 0 Å². The zero-order valence-electron chi connectivity index (χ0n) is 11.7. The van der Waals surface area contributed by atoms with E-state index in [0.717, 1.165) is 19.3 Å². The molecule has 1 saturated carbocycles. The molecule has 0 aromatic heterocycles. The quantitative estimate of drug-likeness (QED) is 0.904. The molecule has 2 aliphatic rings. The van der Waals surface area contributed by atoms with Gasteiger partial charge in [-0.25, -0.2) is 0 Å². The Balaban J connectivity index is 1.94. The number of carbonyl (C=O) groups excluding carboxylic acids is 1. The average molecular weight is 258 g/mol. The summed E-state index contributed by atoms with van der Waals surface area (Å²) in [5.41, 5.74) is 2.51. The lowest BCUT2D eigenvalue weighted by Gasteiger charge is -2.38. The van der Waals surface area contributed by atoms with Crippen LogP contribution in [0.3, 0.4) is 0 Å². The Labute approximate surface area is 115 Å². The van der Waals surface area contributed by atoms with E-state index in [4.69, 9.17) is 0 Å². The smallest absolute Gasteiger partial charge is 0.241 e.